The Morgan fingerprint density at radius 1 is 0.911 bits per heavy atom. The van der Waals surface area contributed by atoms with Gasteiger partial charge in [0, 0.05) is 37.0 Å². The van der Waals surface area contributed by atoms with Crippen LogP contribution >= 0.6 is 0 Å². The minimum absolute atomic E-state index is 0.00347. The largest absolute Gasteiger partial charge is 0.446 e. The van der Waals surface area contributed by atoms with Crippen molar-refractivity contribution in [3.05, 3.63) is 0 Å². The molecule has 0 aromatic rings. The summed E-state index contributed by atoms with van der Waals surface area (Å²) in [5.74, 6) is 1.71. The molecule has 45 heavy (non-hydrogen) atoms. The van der Waals surface area contributed by atoms with Gasteiger partial charge in [-0.2, -0.15) is 0 Å². The van der Waals surface area contributed by atoms with E-state index in [2.05, 4.69) is 41.5 Å². The van der Waals surface area contributed by atoms with E-state index in [9.17, 15) is 14.7 Å². The summed E-state index contributed by atoms with van der Waals surface area (Å²) in [6.07, 6.45) is 10.2. The zero-order valence-electron chi connectivity index (χ0n) is 28.7. The molecule has 252 valence electrons. The third-order valence-corrected chi connectivity index (χ3v) is 16.3. The third-order valence-electron chi connectivity index (χ3n) is 16.3. The van der Waals surface area contributed by atoms with Crippen molar-refractivity contribution in [2.45, 2.75) is 143 Å². The summed E-state index contributed by atoms with van der Waals surface area (Å²) in [6, 6.07) is 0. The smallest absolute Gasteiger partial charge is 0.410 e. The van der Waals surface area contributed by atoms with Gasteiger partial charge in [0.05, 0.1) is 18.3 Å². The van der Waals surface area contributed by atoms with Gasteiger partial charge in [-0.1, -0.05) is 41.5 Å². The van der Waals surface area contributed by atoms with Crippen LogP contribution in [-0.2, 0) is 14.2 Å². The lowest BCUT2D eigenvalue weighted by Gasteiger charge is -2.63. The van der Waals surface area contributed by atoms with Crippen molar-refractivity contribution < 1.29 is 28.9 Å². The van der Waals surface area contributed by atoms with Crippen molar-refractivity contribution >= 4 is 12.2 Å². The van der Waals surface area contributed by atoms with Crippen LogP contribution in [0.3, 0.4) is 0 Å². The quantitative estimate of drug-likeness (QED) is 0.377. The maximum atomic E-state index is 12.9. The van der Waals surface area contributed by atoms with E-state index in [-0.39, 0.29) is 58.3 Å². The molecule has 5 aliphatic carbocycles. The van der Waals surface area contributed by atoms with Gasteiger partial charge in [0.2, 0.25) is 0 Å². The Bertz CT molecular complexity index is 1230. The number of hydrogen-bond donors (Lipinski definition) is 1. The molecule has 8 rings (SSSR count). The predicted molar refractivity (Wildman–Crippen MR) is 169 cm³/mol. The highest BCUT2D eigenvalue weighted by atomic mass is 16.6. The first-order chi connectivity index (χ1) is 21.3. The molecule has 1 N–H and O–H groups in total. The van der Waals surface area contributed by atoms with Gasteiger partial charge in [-0.15, -0.1) is 0 Å². The van der Waals surface area contributed by atoms with Crippen LogP contribution in [0.25, 0.3) is 0 Å². The number of rotatable bonds is 4. The van der Waals surface area contributed by atoms with E-state index < -0.39 is 6.10 Å². The van der Waals surface area contributed by atoms with Gasteiger partial charge in [0.25, 0.3) is 0 Å². The highest BCUT2D eigenvalue weighted by molar-refractivity contribution is 5.69. The summed E-state index contributed by atoms with van der Waals surface area (Å²) in [5, 5.41) is 12.5. The third kappa shape index (κ3) is 3.84. The topological polar surface area (TPSA) is 88.5 Å². The number of carbonyl (C=O) groups excluding carboxylic acids is 2. The Hall–Kier alpha value is -1.54. The molecule has 8 fully saturated rings. The second-order valence-corrected chi connectivity index (χ2v) is 17.9. The lowest BCUT2D eigenvalue weighted by Crippen LogP contribution is -2.60. The molecule has 3 heterocycles. The molecular formula is C37H58N2O6. The van der Waals surface area contributed by atoms with Crippen LogP contribution in [-0.4, -0.2) is 83.8 Å². The number of aliphatic hydroxyl groups is 1. The molecule has 1 unspecified atom stereocenters. The van der Waals surface area contributed by atoms with E-state index in [1.54, 1.807) is 4.90 Å². The SMILES string of the molecule is CC[C@@H](OC(=O)N1CCC1)[C@H]1C[C@@H](C)[C@H]2[C@H](O1)[C@H](O)[C@@]1(C)[C@@H]3CC[C@H]4C(C)(C)[C@@H](OC(=O)N5CCC5)CCC45C[C@@]35CC[C@]21C. The van der Waals surface area contributed by atoms with Crippen LogP contribution in [0.4, 0.5) is 9.59 Å². The summed E-state index contributed by atoms with van der Waals surface area (Å²) in [4.78, 5) is 29.3. The van der Waals surface area contributed by atoms with Crippen molar-refractivity contribution in [3.63, 3.8) is 0 Å². The van der Waals surface area contributed by atoms with E-state index >= 15 is 0 Å². The van der Waals surface area contributed by atoms with Crippen molar-refractivity contribution in [2.24, 2.45) is 50.7 Å². The zero-order valence-corrected chi connectivity index (χ0v) is 28.7. The maximum absolute atomic E-state index is 12.9. The van der Waals surface area contributed by atoms with Crippen molar-refractivity contribution in [1.29, 1.82) is 0 Å². The van der Waals surface area contributed by atoms with Gasteiger partial charge < -0.3 is 29.1 Å². The van der Waals surface area contributed by atoms with Gasteiger partial charge in [-0.05, 0) is 111 Å². The summed E-state index contributed by atoms with van der Waals surface area (Å²) in [7, 11) is 0. The maximum Gasteiger partial charge on any atom is 0.410 e. The molecule has 8 nitrogen and oxygen atoms in total. The van der Waals surface area contributed by atoms with Crippen molar-refractivity contribution in [1.82, 2.24) is 9.80 Å². The van der Waals surface area contributed by atoms with E-state index in [0.717, 1.165) is 84.0 Å². The average Bonchev–Trinajstić information content (AvgIpc) is 3.56. The van der Waals surface area contributed by atoms with Crippen LogP contribution < -0.4 is 0 Å². The summed E-state index contributed by atoms with van der Waals surface area (Å²) in [6.45, 7) is 17.4. The van der Waals surface area contributed by atoms with Gasteiger partial charge in [-0.3, -0.25) is 0 Å². The fraction of sp³-hybridized carbons (Fsp3) is 0.946. The monoisotopic (exact) mass is 626 g/mol. The molecule has 8 aliphatic rings. The van der Waals surface area contributed by atoms with Crippen LogP contribution in [0.15, 0.2) is 0 Å². The Labute approximate surface area is 270 Å². The average molecular weight is 627 g/mol. The van der Waals surface area contributed by atoms with E-state index in [1.165, 1.54) is 12.8 Å². The molecule has 2 spiro atoms. The second kappa shape index (κ2) is 9.99. The molecule has 0 aromatic carbocycles. The summed E-state index contributed by atoms with van der Waals surface area (Å²) in [5.41, 5.74) is 0.293. The first-order valence-corrected chi connectivity index (χ1v) is 18.6. The number of amides is 2. The van der Waals surface area contributed by atoms with Crippen LogP contribution in [0, 0.1) is 50.7 Å². The molecule has 0 radical (unpaired) electrons. The number of nitrogens with zero attached hydrogens (tertiary/aromatic N) is 2. The number of fused-ring (bicyclic) bond motifs is 4. The van der Waals surface area contributed by atoms with Gasteiger partial charge >= 0.3 is 12.2 Å². The van der Waals surface area contributed by atoms with Crippen molar-refractivity contribution in [2.75, 3.05) is 26.2 Å². The molecule has 3 saturated heterocycles. The lowest BCUT2D eigenvalue weighted by molar-refractivity contribution is -0.184. The number of carbonyl (C=O) groups is 2. The first-order valence-electron chi connectivity index (χ1n) is 18.6. The Morgan fingerprint density at radius 3 is 2.20 bits per heavy atom. The Kier molecular flexibility index (Phi) is 6.83. The standard InChI is InChI=1S/C37H58N2O6/c1-7-23(44-31(41)38-16-8-17-38)24-20-22(2)28-29(43-24)30(40)35(6)26-11-10-25-33(3,4)27(45-32(42)39-18-9-19-39)12-13-36(25)21-37(26,36)15-14-34(28,35)5/h22-30,40H,7-21H2,1-6H3/t22-,23-,24-,25+,26+,27+,28+,29+,30+,34-,35-,36?,37+/m1/s1. The summed E-state index contributed by atoms with van der Waals surface area (Å²) >= 11 is 0. The number of hydrogen-bond acceptors (Lipinski definition) is 6. The molecular weight excluding hydrogens is 568 g/mol. The van der Waals surface area contributed by atoms with Gasteiger partial charge in [-0.25, -0.2) is 9.59 Å². The molecule has 13 atom stereocenters. The number of likely N-dealkylation sites (tertiary alicyclic amines) is 2. The van der Waals surface area contributed by atoms with Crippen molar-refractivity contribution in [3.8, 4) is 0 Å². The minimum atomic E-state index is -0.528. The first kappa shape index (κ1) is 30.8. The zero-order chi connectivity index (χ0) is 31.7. The predicted octanol–water partition coefficient (Wildman–Crippen LogP) is 6.63. The van der Waals surface area contributed by atoms with Crippen LogP contribution in [0.5, 0.6) is 0 Å². The number of aliphatic hydroxyl groups excluding tert-OH is 1. The lowest BCUT2D eigenvalue weighted by atomic mass is 9.41. The van der Waals surface area contributed by atoms with Gasteiger partial charge in [0.1, 0.15) is 12.2 Å². The minimum Gasteiger partial charge on any atom is -0.446 e. The highest BCUT2D eigenvalue weighted by Crippen LogP contribution is 2.89. The fourth-order valence-corrected chi connectivity index (χ4v) is 13.6. The molecule has 2 amide bonds. The Morgan fingerprint density at radius 2 is 1.56 bits per heavy atom. The molecule has 8 heteroatoms. The second-order valence-electron chi connectivity index (χ2n) is 17.9. The number of ether oxygens (including phenoxy) is 3. The molecule has 3 aliphatic heterocycles. The van der Waals surface area contributed by atoms with Gasteiger partial charge in [0.15, 0.2) is 0 Å². The normalized spacial score (nSPS) is 51.2. The van der Waals surface area contributed by atoms with E-state index in [1.807, 2.05) is 4.90 Å². The van der Waals surface area contributed by atoms with E-state index in [0.29, 0.717) is 29.1 Å². The fourth-order valence-electron chi connectivity index (χ4n) is 13.6. The highest BCUT2D eigenvalue weighted by Gasteiger charge is 2.84. The molecule has 0 aromatic heterocycles. The van der Waals surface area contributed by atoms with Crippen LogP contribution in [0.1, 0.15) is 112 Å². The molecule has 0 bridgehead atoms. The van der Waals surface area contributed by atoms with E-state index in [4.69, 9.17) is 14.2 Å². The van der Waals surface area contributed by atoms with Crippen LogP contribution in [0.2, 0.25) is 0 Å². The summed E-state index contributed by atoms with van der Waals surface area (Å²) < 4.78 is 19.2. The Balaban J connectivity index is 1.04. The molecule has 5 saturated carbocycles.